The molecular weight excluding hydrogens is 1610 g/mol. The van der Waals surface area contributed by atoms with E-state index < -0.39 is 199 Å². The highest BCUT2D eigenvalue weighted by Gasteiger charge is 2.40. The van der Waals surface area contributed by atoms with E-state index in [0.717, 1.165) is 26.9 Å². The van der Waals surface area contributed by atoms with Crippen LogP contribution in [-0.2, 0) is 113 Å². The van der Waals surface area contributed by atoms with Gasteiger partial charge in [-0.15, -0.1) is 11.8 Å². The van der Waals surface area contributed by atoms with Crippen LogP contribution in [0.15, 0.2) is 135 Å². The Balaban J connectivity index is 1.20. The van der Waals surface area contributed by atoms with Crippen molar-refractivity contribution in [1.82, 2.24) is 108 Å². The van der Waals surface area contributed by atoms with E-state index in [1.807, 2.05) is 24.3 Å². The lowest BCUT2D eigenvalue weighted by Gasteiger charge is -2.33. The SMILES string of the molecule is CCC1NC(=O)C(Cc2ccccc2)N(C)C(=O)CSCC(C(=O)NCC(N)=O)NC(=O)C(Cc2cncn2C)NC(=O)C(CCCNC(=N)N)NC(=O)C(Cc2c[nH]cn2)NC(=O)C(Cc2ccc(O)cc2)N(C)C(=O)C(CCCNC(=N)N)NC(=O)C(CO)NC(=O)CNC(=O)C(Cc2c[nH]cn2)NC(=O)C(Cc2cccc3ccccc23)NC1=O. The highest BCUT2D eigenvalue weighted by atomic mass is 32.2. The monoisotopic (exact) mass is 1720 g/mol. The van der Waals surface area contributed by atoms with Crippen molar-refractivity contribution >= 4 is 117 Å². The zero-order valence-electron chi connectivity index (χ0n) is 68.2. The van der Waals surface area contributed by atoms with E-state index in [0.29, 0.717) is 27.8 Å². The van der Waals surface area contributed by atoms with Gasteiger partial charge >= 0.3 is 0 Å². The molecule has 1 aliphatic heterocycles. The number of rotatable bonds is 25. The van der Waals surface area contributed by atoms with Crippen LogP contribution in [0.4, 0.5) is 0 Å². The molecule has 3 aromatic heterocycles. The number of carbonyl (C=O) groups excluding carboxylic acids is 14. The normalized spacial score (nSPS) is 21.7. The average molecular weight is 1720 g/mol. The minimum Gasteiger partial charge on any atom is -0.508 e. The van der Waals surface area contributed by atoms with Gasteiger partial charge in [-0.25, -0.2) is 15.0 Å². The van der Waals surface area contributed by atoms with Gasteiger partial charge in [-0.3, -0.25) is 77.9 Å². The van der Waals surface area contributed by atoms with Gasteiger partial charge in [0.15, 0.2) is 11.9 Å². The average Bonchev–Trinajstić information content (AvgIpc) is 1.02. The number of nitrogens with one attached hydrogen (secondary N) is 17. The molecule has 42 nitrogen and oxygen atoms in total. The lowest BCUT2D eigenvalue weighted by Crippen LogP contribution is -2.61. The second kappa shape index (κ2) is 47.1. The number of fused-ring (bicyclic) bond motifs is 1. The minimum absolute atomic E-state index is 0.00254. The summed E-state index contributed by atoms with van der Waals surface area (Å²) in [5.41, 5.74) is 19.0. The molecule has 0 aliphatic carbocycles. The maximum Gasteiger partial charge on any atom is 0.245 e. The van der Waals surface area contributed by atoms with Gasteiger partial charge in [-0.1, -0.05) is 91.9 Å². The van der Waals surface area contributed by atoms with Crippen molar-refractivity contribution in [3.05, 3.63) is 168 Å². The summed E-state index contributed by atoms with van der Waals surface area (Å²) in [6.45, 7) is -1.20. The van der Waals surface area contributed by atoms with Crippen LogP contribution < -0.4 is 86.3 Å². The van der Waals surface area contributed by atoms with Crippen molar-refractivity contribution in [1.29, 1.82) is 10.8 Å². The number of hydrogen-bond donors (Lipinski definition) is 22. The number of imidazole rings is 3. The summed E-state index contributed by atoms with van der Waals surface area (Å²) in [7, 11) is 4.16. The number of aliphatic hydroxyl groups excluding tert-OH is 1. The number of primary amides is 1. The first-order valence-electron chi connectivity index (χ1n) is 39.5. The van der Waals surface area contributed by atoms with Crippen LogP contribution in [0.2, 0.25) is 0 Å². The molecule has 0 radical (unpaired) electrons. The lowest BCUT2D eigenvalue weighted by molar-refractivity contribution is -0.143. The summed E-state index contributed by atoms with van der Waals surface area (Å²) in [5, 5.41) is 72.1. The largest absolute Gasteiger partial charge is 0.508 e. The summed E-state index contributed by atoms with van der Waals surface area (Å²) >= 11 is 0.821. The fourth-order valence-corrected chi connectivity index (χ4v) is 14.3. The number of amides is 14. The van der Waals surface area contributed by atoms with Gasteiger partial charge in [0.1, 0.15) is 72.2 Å². The highest BCUT2D eigenvalue weighted by molar-refractivity contribution is 8.00. The molecule has 0 saturated carbocycles. The van der Waals surface area contributed by atoms with Crippen molar-refractivity contribution in [2.45, 2.75) is 144 Å². The van der Waals surface area contributed by atoms with E-state index in [1.54, 1.807) is 62.5 Å². The quantitative estimate of drug-likeness (QED) is 0.0145. The van der Waals surface area contributed by atoms with Gasteiger partial charge in [-0.05, 0) is 71.7 Å². The summed E-state index contributed by atoms with van der Waals surface area (Å²) in [6.07, 6.45) is 5.95. The van der Waals surface area contributed by atoms with Crippen LogP contribution in [-0.4, -0.2) is 269 Å². The first kappa shape index (κ1) is 94.5. The van der Waals surface area contributed by atoms with Crippen LogP contribution in [0.1, 0.15) is 72.8 Å². The molecule has 8 rings (SSSR count). The Morgan fingerprint density at radius 2 is 1.04 bits per heavy atom. The third-order valence-corrected chi connectivity index (χ3v) is 21.1. The standard InChI is InChI=1S/C80H106N26O16S/c1-5-54-70(114)99-57(30-48-18-11-17-47-16-9-10-19-53(47)48)72(116)100-58(31-49-34-86-42-93-49)68(112)92-38-66(110)95-61(39-107)75(119)98-56(21-13-27-90-80(84)85)78(122)106(4)64(29-46-22-24-52(108)25-23-46)77(121)102-59(32-50-35-87-43-94-50)73(117)97-55(20-12-26-89-79(82)83)71(115)101-60(33-51-36-88-44-104(51)2)74(118)103-62(69(113)91-37-65(81)109)40-123-41-67(111)105(3)63(76(120)96-54)28-45-14-7-6-8-15-45/h6-11,14-19,22-25,34-36,42-44,54-64,107-108H,5,12-13,20-21,26-33,37-41H2,1-4H3,(H2,81,109)(H,86,93)(H,87,94)(H,91,113)(H,92,112)(H,95,110)(H,96,120)(H,97,117)(H,98,119)(H,99,114)(H,100,116)(H,101,115)(H,102,121)(H,103,118)(H4,82,83,89)(H4,84,85,90). The van der Waals surface area contributed by atoms with Crippen molar-refractivity contribution in [2.24, 2.45) is 24.2 Å². The van der Waals surface area contributed by atoms with Gasteiger partial charge in [0, 0.05) is 103 Å². The molecule has 1 saturated heterocycles. The third kappa shape index (κ3) is 29.4. The number of phenolic OH excluding ortho intramolecular Hbond substituents is 1. The number of aromatic nitrogens is 6. The van der Waals surface area contributed by atoms with E-state index >= 15 is 28.8 Å². The number of likely N-dealkylation sites (N-methyl/N-ethyl adjacent to an activating group) is 2. The van der Waals surface area contributed by atoms with Crippen LogP contribution in [0.5, 0.6) is 5.75 Å². The number of phenols is 1. The number of thioether (sulfide) groups is 1. The van der Waals surface area contributed by atoms with Gasteiger partial charge < -0.3 is 121 Å². The van der Waals surface area contributed by atoms with Crippen molar-refractivity contribution in [2.75, 3.05) is 58.4 Å². The Morgan fingerprint density at radius 1 is 0.537 bits per heavy atom. The molecule has 7 aromatic rings. The Hall–Kier alpha value is -14.0. The Kier molecular flexibility index (Phi) is 36.2. The zero-order chi connectivity index (χ0) is 89.2. The maximum atomic E-state index is 15.4. The molecule has 4 aromatic carbocycles. The number of nitrogens with zero attached hydrogens (tertiary/aromatic N) is 6. The Labute approximate surface area is 711 Å². The number of aromatic hydroxyl groups is 1. The number of hydrogen-bond acceptors (Lipinski definition) is 22. The number of aliphatic hydroxyl groups is 1. The Bertz CT molecular complexity index is 4820. The van der Waals surface area contributed by atoms with E-state index in [9.17, 15) is 48.6 Å². The van der Waals surface area contributed by atoms with Gasteiger partial charge in [0.25, 0.3) is 0 Å². The van der Waals surface area contributed by atoms with Crippen LogP contribution >= 0.6 is 11.8 Å². The molecule has 1 fully saturated rings. The van der Waals surface area contributed by atoms with Crippen LogP contribution in [0.25, 0.3) is 10.8 Å². The molecule has 43 heteroatoms. The topological polar surface area (TPSA) is 643 Å². The Morgan fingerprint density at radius 3 is 1.62 bits per heavy atom. The minimum atomic E-state index is -1.85. The summed E-state index contributed by atoms with van der Waals surface area (Å²) in [4.78, 5) is 226. The van der Waals surface area contributed by atoms with Gasteiger partial charge in [0.2, 0.25) is 82.7 Å². The second-order valence-electron chi connectivity index (χ2n) is 29.2. The smallest absolute Gasteiger partial charge is 0.245 e. The molecule has 1 aliphatic rings. The zero-order valence-corrected chi connectivity index (χ0v) is 69.0. The number of carbonyl (C=O) groups is 14. The van der Waals surface area contributed by atoms with Crippen molar-refractivity contribution < 1.29 is 77.3 Å². The van der Waals surface area contributed by atoms with E-state index in [-0.39, 0.29) is 94.4 Å². The summed E-state index contributed by atoms with van der Waals surface area (Å²) in [5.74, 6) is -15.4. The molecule has 0 bridgehead atoms. The molecule has 11 atom stereocenters. The summed E-state index contributed by atoms with van der Waals surface area (Å²) < 4.78 is 1.54. The lowest BCUT2D eigenvalue weighted by atomic mass is 9.97. The maximum absolute atomic E-state index is 15.4. The van der Waals surface area contributed by atoms with E-state index in [1.165, 1.54) is 80.5 Å². The van der Waals surface area contributed by atoms with Crippen LogP contribution in [0, 0.1) is 10.8 Å². The number of benzene rings is 4. The second-order valence-corrected chi connectivity index (χ2v) is 30.2. The van der Waals surface area contributed by atoms with Crippen molar-refractivity contribution in [3.63, 3.8) is 0 Å². The number of H-pyrrole nitrogens is 2. The van der Waals surface area contributed by atoms with E-state index in [4.69, 9.17) is 28.0 Å². The number of guanidine groups is 2. The van der Waals surface area contributed by atoms with Gasteiger partial charge in [0.05, 0.1) is 55.8 Å². The van der Waals surface area contributed by atoms with Crippen LogP contribution in [0.3, 0.4) is 0 Å². The molecule has 11 unspecified atom stereocenters. The number of nitrogens with two attached hydrogens (primary N) is 3. The first-order chi connectivity index (χ1) is 58.9. The number of aromatic amines is 2. The van der Waals surface area contributed by atoms with Gasteiger partial charge in [-0.2, -0.15) is 0 Å². The molecule has 123 heavy (non-hydrogen) atoms. The molecule has 0 spiro atoms. The predicted octanol–water partition coefficient (Wildman–Crippen LogP) is -5.11. The molecule has 25 N–H and O–H groups in total. The van der Waals surface area contributed by atoms with Crippen molar-refractivity contribution in [3.8, 4) is 5.75 Å². The predicted molar refractivity (Wildman–Crippen MR) is 450 cm³/mol. The van der Waals surface area contributed by atoms with E-state index in [2.05, 4.69) is 94.0 Å². The fourth-order valence-electron chi connectivity index (χ4n) is 13.3. The number of aryl methyl sites for hydroxylation is 1. The fraction of sp³-hybridized carbons (Fsp3) is 0.412. The molecule has 4 heterocycles. The highest BCUT2D eigenvalue weighted by Crippen LogP contribution is 2.23. The third-order valence-electron chi connectivity index (χ3n) is 20.1. The molecular formula is C80H106N26O16S. The summed E-state index contributed by atoms with van der Waals surface area (Å²) in [6, 6.07) is 9.15. The molecule has 658 valence electrons. The first-order valence-corrected chi connectivity index (χ1v) is 40.7. The molecule has 14 amide bonds.